The van der Waals surface area contributed by atoms with E-state index in [9.17, 15) is 0 Å². The SMILES string of the molecule is Brc1cc(-c2cccnc2)cc(-c2cc(-c3ccc(-c4ccncc4)cc3)nc(-c3ccncc3)n2)c1. The number of benzene rings is 2. The first-order valence-electron chi connectivity index (χ1n) is 11.7. The molecule has 0 aliphatic carbocycles. The third kappa shape index (κ3) is 5.06. The molecule has 0 atom stereocenters. The zero-order valence-electron chi connectivity index (χ0n) is 19.7. The molecule has 0 aliphatic rings. The monoisotopic (exact) mass is 541 g/mol. The molecular weight excluding hydrogens is 522 g/mol. The molecule has 0 N–H and O–H groups in total. The summed E-state index contributed by atoms with van der Waals surface area (Å²) in [5.41, 5.74) is 8.95. The van der Waals surface area contributed by atoms with Gasteiger partial charge >= 0.3 is 0 Å². The maximum absolute atomic E-state index is 4.96. The van der Waals surface area contributed by atoms with Crippen LogP contribution in [0.4, 0.5) is 0 Å². The maximum Gasteiger partial charge on any atom is 0.160 e. The summed E-state index contributed by atoms with van der Waals surface area (Å²) in [5.74, 6) is 0.649. The second-order valence-corrected chi connectivity index (χ2v) is 9.40. The van der Waals surface area contributed by atoms with Crippen molar-refractivity contribution in [2.45, 2.75) is 0 Å². The van der Waals surface area contributed by atoms with Gasteiger partial charge in [0.05, 0.1) is 11.4 Å². The Hall–Kier alpha value is -4.55. The van der Waals surface area contributed by atoms with Gasteiger partial charge in [0.1, 0.15) is 0 Å². The van der Waals surface area contributed by atoms with Crippen LogP contribution in [0.1, 0.15) is 0 Å². The van der Waals surface area contributed by atoms with Gasteiger partial charge in [-0.05, 0) is 71.3 Å². The van der Waals surface area contributed by atoms with E-state index in [1.165, 1.54) is 0 Å². The van der Waals surface area contributed by atoms with Crippen LogP contribution < -0.4 is 0 Å². The second kappa shape index (κ2) is 10.2. The Morgan fingerprint density at radius 1 is 0.432 bits per heavy atom. The standard InChI is InChI=1S/C31H20BrN5/c32-28-17-26(25-2-1-11-35-20-25)16-27(18-28)30-19-29(36-31(37-30)24-9-14-34-15-10-24)23-5-3-21(4-6-23)22-7-12-33-13-8-22/h1-20H. The molecule has 5 nitrogen and oxygen atoms in total. The molecule has 6 heteroatoms. The second-order valence-electron chi connectivity index (χ2n) is 8.48. The molecule has 6 rings (SSSR count). The van der Waals surface area contributed by atoms with Crippen molar-refractivity contribution in [2.75, 3.05) is 0 Å². The molecule has 0 amide bonds. The molecule has 37 heavy (non-hydrogen) atoms. The predicted octanol–water partition coefficient (Wildman–Crippen LogP) is 7.76. The molecule has 0 radical (unpaired) electrons. The highest BCUT2D eigenvalue weighted by atomic mass is 79.9. The van der Waals surface area contributed by atoms with Crippen LogP contribution in [0.5, 0.6) is 0 Å². The topological polar surface area (TPSA) is 64.5 Å². The van der Waals surface area contributed by atoms with Gasteiger partial charge in [-0.2, -0.15) is 0 Å². The van der Waals surface area contributed by atoms with Gasteiger partial charge in [0.2, 0.25) is 0 Å². The van der Waals surface area contributed by atoms with Gasteiger partial charge in [0.15, 0.2) is 5.82 Å². The van der Waals surface area contributed by atoms with Gasteiger partial charge in [0, 0.05) is 63.9 Å². The van der Waals surface area contributed by atoms with Crippen LogP contribution in [0.15, 0.2) is 127 Å². The molecule has 0 fully saturated rings. The minimum Gasteiger partial charge on any atom is -0.265 e. The van der Waals surface area contributed by atoms with Crippen molar-refractivity contribution < 1.29 is 0 Å². The lowest BCUT2D eigenvalue weighted by Crippen LogP contribution is -1.96. The Labute approximate surface area is 223 Å². The minimum absolute atomic E-state index is 0.649. The van der Waals surface area contributed by atoms with Gasteiger partial charge < -0.3 is 0 Å². The highest BCUT2D eigenvalue weighted by Crippen LogP contribution is 2.33. The fraction of sp³-hybridized carbons (Fsp3) is 0. The van der Waals surface area contributed by atoms with Crippen LogP contribution in [0.25, 0.3) is 56.2 Å². The van der Waals surface area contributed by atoms with Crippen LogP contribution in [0.2, 0.25) is 0 Å². The van der Waals surface area contributed by atoms with Crippen LogP contribution >= 0.6 is 15.9 Å². The van der Waals surface area contributed by atoms with E-state index in [0.29, 0.717) is 5.82 Å². The smallest absolute Gasteiger partial charge is 0.160 e. The number of rotatable bonds is 5. The Bertz CT molecular complexity index is 1660. The van der Waals surface area contributed by atoms with E-state index in [2.05, 4.69) is 79.4 Å². The van der Waals surface area contributed by atoms with E-state index >= 15 is 0 Å². The van der Waals surface area contributed by atoms with Crippen molar-refractivity contribution >= 4 is 15.9 Å². The van der Waals surface area contributed by atoms with Gasteiger partial charge in [0.25, 0.3) is 0 Å². The van der Waals surface area contributed by atoms with Gasteiger partial charge in [-0.3, -0.25) is 15.0 Å². The average molecular weight is 542 g/mol. The summed E-state index contributed by atoms with van der Waals surface area (Å²) in [6.45, 7) is 0. The van der Waals surface area contributed by atoms with Crippen molar-refractivity contribution in [1.29, 1.82) is 0 Å². The lowest BCUT2D eigenvalue weighted by Gasteiger charge is -2.11. The summed E-state index contributed by atoms with van der Waals surface area (Å²) in [6.07, 6.45) is 10.8. The molecule has 2 aromatic carbocycles. The Balaban J connectivity index is 1.47. The highest BCUT2D eigenvalue weighted by Gasteiger charge is 2.13. The molecule has 0 spiro atoms. The summed E-state index contributed by atoms with van der Waals surface area (Å²) in [4.78, 5) is 22.4. The van der Waals surface area contributed by atoms with Crippen LogP contribution in [-0.2, 0) is 0 Å². The van der Waals surface area contributed by atoms with Gasteiger partial charge in [-0.1, -0.05) is 46.3 Å². The van der Waals surface area contributed by atoms with Crippen LogP contribution in [0, 0.1) is 0 Å². The Kier molecular flexibility index (Phi) is 6.31. The lowest BCUT2D eigenvalue weighted by atomic mass is 10.0. The zero-order chi connectivity index (χ0) is 25.0. The van der Waals surface area contributed by atoms with Gasteiger partial charge in [-0.25, -0.2) is 9.97 Å². The molecule has 0 bridgehead atoms. The third-order valence-electron chi connectivity index (χ3n) is 6.05. The minimum atomic E-state index is 0.649. The fourth-order valence-electron chi connectivity index (χ4n) is 4.19. The molecule has 0 saturated heterocycles. The molecule has 0 saturated carbocycles. The number of hydrogen-bond acceptors (Lipinski definition) is 5. The van der Waals surface area contributed by atoms with Crippen molar-refractivity contribution in [3.05, 3.63) is 127 Å². The lowest BCUT2D eigenvalue weighted by molar-refractivity contribution is 1.17. The molecule has 0 aliphatic heterocycles. The molecule has 0 unspecified atom stereocenters. The molecule has 6 aromatic rings. The van der Waals surface area contributed by atoms with Crippen LogP contribution in [-0.4, -0.2) is 24.9 Å². The first kappa shape index (κ1) is 22.9. The van der Waals surface area contributed by atoms with Crippen molar-refractivity contribution in [3.63, 3.8) is 0 Å². The first-order valence-corrected chi connectivity index (χ1v) is 12.5. The van der Waals surface area contributed by atoms with E-state index in [0.717, 1.165) is 54.8 Å². The van der Waals surface area contributed by atoms with E-state index in [1.54, 1.807) is 31.0 Å². The maximum atomic E-state index is 4.96. The van der Waals surface area contributed by atoms with Crippen molar-refractivity contribution in [2.24, 2.45) is 0 Å². The largest absolute Gasteiger partial charge is 0.265 e. The molecule has 4 aromatic heterocycles. The van der Waals surface area contributed by atoms with E-state index in [4.69, 9.17) is 9.97 Å². The number of halogens is 1. The molecule has 176 valence electrons. The average Bonchev–Trinajstić information content (AvgIpc) is 2.98. The summed E-state index contributed by atoms with van der Waals surface area (Å²) in [5, 5.41) is 0. The van der Waals surface area contributed by atoms with E-state index in [-0.39, 0.29) is 0 Å². The van der Waals surface area contributed by atoms with Crippen molar-refractivity contribution in [3.8, 4) is 56.2 Å². The number of pyridine rings is 3. The predicted molar refractivity (Wildman–Crippen MR) is 150 cm³/mol. The number of aromatic nitrogens is 5. The fourth-order valence-corrected chi connectivity index (χ4v) is 4.68. The van der Waals surface area contributed by atoms with Gasteiger partial charge in [-0.15, -0.1) is 0 Å². The summed E-state index contributed by atoms with van der Waals surface area (Å²) in [6, 6.07) is 28.6. The zero-order valence-corrected chi connectivity index (χ0v) is 21.2. The van der Waals surface area contributed by atoms with E-state index < -0.39 is 0 Å². The third-order valence-corrected chi connectivity index (χ3v) is 6.51. The Morgan fingerprint density at radius 2 is 1.03 bits per heavy atom. The van der Waals surface area contributed by atoms with Crippen molar-refractivity contribution in [1.82, 2.24) is 24.9 Å². The highest BCUT2D eigenvalue weighted by molar-refractivity contribution is 9.10. The molecular formula is C31H20BrN5. The quantitative estimate of drug-likeness (QED) is 0.223. The number of nitrogens with zero attached hydrogens (tertiary/aromatic N) is 5. The molecule has 4 heterocycles. The summed E-state index contributed by atoms with van der Waals surface area (Å²) < 4.78 is 0.969. The first-order chi connectivity index (χ1) is 18.2. The van der Waals surface area contributed by atoms with E-state index in [1.807, 2.05) is 42.6 Å². The summed E-state index contributed by atoms with van der Waals surface area (Å²) in [7, 11) is 0. The normalized spacial score (nSPS) is 10.8. The number of hydrogen-bond donors (Lipinski definition) is 0. The summed E-state index contributed by atoms with van der Waals surface area (Å²) >= 11 is 3.69. The van der Waals surface area contributed by atoms with Crippen LogP contribution in [0.3, 0.4) is 0 Å². The Morgan fingerprint density at radius 3 is 1.70 bits per heavy atom.